The first-order valence-corrected chi connectivity index (χ1v) is 8.36. The van der Waals surface area contributed by atoms with Crippen molar-refractivity contribution in [2.75, 3.05) is 18.4 Å². The largest absolute Gasteiger partial charge is 0.342 e. The SMILES string of the molecule is CCC(C)(C)C(=O)N1CCC(C(=O)Nc2cc(C)ccn2)CC1. The Labute approximate surface area is 138 Å². The van der Waals surface area contributed by atoms with Crippen LogP contribution in [0.25, 0.3) is 0 Å². The maximum atomic E-state index is 12.5. The van der Waals surface area contributed by atoms with E-state index in [1.165, 1.54) is 0 Å². The first-order valence-electron chi connectivity index (χ1n) is 8.36. The van der Waals surface area contributed by atoms with Crippen molar-refractivity contribution < 1.29 is 9.59 Å². The van der Waals surface area contributed by atoms with Crippen LogP contribution in [0, 0.1) is 18.3 Å². The van der Waals surface area contributed by atoms with Crippen LogP contribution in [0.3, 0.4) is 0 Å². The smallest absolute Gasteiger partial charge is 0.228 e. The minimum Gasteiger partial charge on any atom is -0.342 e. The summed E-state index contributed by atoms with van der Waals surface area (Å²) in [5, 5.41) is 2.88. The van der Waals surface area contributed by atoms with Crippen molar-refractivity contribution in [2.45, 2.75) is 47.0 Å². The molecule has 1 N–H and O–H groups in total. The van der Waals surface area contributed by atoms with Gasteiger partial charge in [0.05, 0.1) is 0 Å². The van der Waals surface area contributed by atoms with Crippen molar-refractivity contribution in [3.05, 3.63) is 23.9 Å². The van der Waals surface area contributed by atoms with Gasteiger partial charge in [0, 0.05) is 30.6 Å². The quantitative estimate of drug-likeness (QED) is 0.928. The molecule has 0 aliphatic carbocycles. The summed E-state index contributed by atoms with van der Waals surface area (Å²) >= 11 is 0. The van der Waals surface area contributed by atoms with Crippen molar-refractivity contribution >= 4 is 17.6 Å². The van der Waals surface area contributed by atoms with Crippen molar-refractivity contribution in [3.8, 4) is 0 Å². The predicted octanol–water partition coefficient (Wildman–Crippen LogP) is 3.00. The summed E-state index contributed by atoms with van der Waals surface area (Å²) in [4.78, 5) is 30.9. The fourth-order valence-electron chi connectivity index (χ4n) is 2.76. The Bertz CT molecular complexity index is 575. The van der Waals surface area contributed by atoms with E-state index in [9.17, 15) is 9.59 Å². The molecular weight excluding hydrogens is 290 g/mol. The number of rotatable bonds is 4. The Morgan fingerprint density at radius 2 is 2.00 bits per heavy atom. The molecule has 1 fully saturated rings. The number of carbonyl (C=O) groups excluding carboxylic acids is 2. The molecule has 1 saturated heterocycles. The number of hydrogen-bond acceptors (Lipinski definition) is 3. The number of pyridine rings is 1. The van der Waals surface area contributed by atoms with Crippen LogP contribution >= 0.6 is 0 Å². The van der Waals surface area contributed by atoms with Gasteiger partial charge in [-0.1, -0.05) is 20.8 Å². The Morgan fingerprint density at radius 3 is 2.57 bits per heavy atom. The summed E-state index contributed by atoms with van der Waals surface area (Å²) < 4.78 is 0. The number of carbonyl (C=O) groups is 2. The molecule has 126 valence electrons. The van der Waals surface area contributed by atoms with Crippen LogP contribution in [0.4, 0.5) is 5.82 Å². The Balaban J connectivity index is 1.89. The number of nitrogens with one attached hydrogen (secondary N) is 1. The van der Waals surface area contributed by atoms with Gasteiger partial charge in [0.15, 0.2) is 0 Å². The molecule has 1 aliphatic rings. The third-order valence-corrected chi connectivity index (χ3v) is 4.78. The zero-order chi connectivity index (χ0) is 17.0. The van der Waals surface area contributed by atoms with Gasteiger partial charge in [-0.15, -0.1) is 0 Å². The molecule has 0 spiro atoms. The number of piperidine rings is 1. The predicted molar refractivity (Wildman–Crippen MR) is 91.0 cm³/mol. The van der Waals surface area contributed by atoms with E-state index in [4.69, 9.17) is 0 Å². The molecule has 0 radical (unpaired) electrons. The standard InChI is InChI=1S/C18H27N3O2/c1-5-18(3,4)17(23)21-10-7-14(8-11-21)16(22)20-15-12-13(2)6-9-19-15/h6,9,12,14H,5,7-8,10-11H2,1-4H3,(H,19,20,22). The first-order chi connectivity index (χ1) is 10.8. The molecule has 0 saturated carbocycles. The maximum Gasteiger partial charge on any atom is 0.228 e. The minimum atomic E-state index is -0.319. The fraction of sp³-hybridized carbons (Fsp3) is 0.611. The molecule has 1 aromatic heterocycles. The van der Waals surface area contributed by atoms with Gasteiger partial charge in [0.25, 0.3) is 0 Å². The van der Waals surface area contributed by atoms with Crippen LogP contribution in [-0.4, -0.2) is 34.8 Å². The number of hydrogen-bond donors (Lipinski definition) is 1. The van der Waals surface area contributed by atoms with Gasteiger partial charge in [-0.2, -0.15) is 0 Å². The monoisotopic (exact) mass is 317 g/mol. The molecule has 0 bridgehead atoms. The average molecular weight is 317 g/mol. The van der Waals surface area contributed by atoms with Gasteiger partial charge in [0.1, 0.15) is 5.82 Å². The zero-order valence-electron chi connectivity index (χ0n) is 14.6. The number of aryl methyl sites for hydroxylation is 1. The topological polar surface area (TPSA) is 62.3 Å². The van der Waals surface area contributed by atoms with E-state index in [0.29, 0.717) is 31.7 Å². The number of aromatic nitrogens is 1. The van der Waals surface area contributed by atoms with Crippen LogP contribution in [0.2, 0.25) is 0 Å². The van der Waals surface area contributed by atoms with Crippen LogP contribution in [0.15, 0.2) is 18.3 Å². The summed E-state index contributed by atoms with van der Waals surface area (Å²) in [5.41, 5.74) is 0.748. The second-order valence-corrected chi connectivity index (χ2v) is 7.01. The van der Waals surface area contributed by atoms with Crippen LogP contribution in [0.1, 0.15) is 45.6 Å². The lowest BCUT2D eigenvalue weighted by atomic mass is 9.86. The highest BCUT2D eigenvalue weighted by Gasteiger charge is 2.34. The van der Waals surface area contributed by atoms with Crippen molar-refractivity contribution in [1.29, 1.82) is 0 Å². The molecule has 2 amide bonds. The number of amides is 2. The number of likely N-dealkylation sites (tertiary alicyclic amines) is 1. The maximum absolute atomic E-state index is 12.5. The van der Waals surface area contributed by atoms with E-state index >= 15 is 0 Å². The summed E-state index contributed by atoms with van der Waals surface area (Å²) in [6, 6.07) is 3.76. The van der Waals surface area contributed by atoms with Gasteiger partial charge in [-0.3, -0.25) is 9.59 Å². The van der Waals surface area contributed by atoms with Crippen LogP contribution in [0.5, 0.6) is 0 Å². The summed E-state index contributed by atoms with van der Waals surface area (Å²) in [5.74, 6) is 0.746. The minimum absolute atomic E-state index is 0.00458. The molecule has 0 unspecified atom stereocenters. The third kappa shape index (κ3) is 4.30. The molecule has 1 aliphatic heterocycles. The van der Waals surface area contributed by atoms with Crippen molar-refractivity contribution in [3.63, 3.8) is 0 Å². The first kappa shape index (κ1) is 17.4. The zero-order valence-corrected chi connectivity index (χ0v) is 14.6. The highest BCUT2D eigenvalue weighted by atomic mass is 16.2. The van der Waals surface area contributed by atoms with Gasteiger partial charge in [-0.25, -0.2) is 4.98 Å². The van der Waals surface area contributed by atoms with Crippen LogP contribution in [-0.2, 0) is 9.59 Å². The summed E-state index contributed by atoms with van der Waals surface area (Å²) in [6.07, 6.45) is 3.94. The number of nitrogens with zero attached hydrogens (tertiary/aromatic N) is 2. The van der Waals surface area contributed by atoms with Gasteiger partial charge >= 0.3 is 0 Å². The number of anilines is 1. The second-order valence-electron chi connectivity index (χ2n) is 7.01. The highest BCUT2D eigenvalue weighted by molar-refractivity contribution is 5.92. The van der Waals surface area contributed by atoms with Crippen molar-refractivity contribution in [2.24, 2.45) is 11.3 Å². The van der Waals surface area contributed by atoms with E-state index in [1.54, 1.807) is 6.20 Å². The third-order valence-electron chi connectivity index (χ3n) is 4.78. The molecule has 0 aromatic carbocycles. The van der Waals surface area contributed by atoms with E-state index in [1.807, 2.05) is 44.7 Å². The van der Waals surface area contributed by atoms with E-state index in [0.717, 1.165) is 12.0 Å². The lowest BCUT2D eigenvalue weighted by Crippen LogP contribution is -2.46. The molecule has 2 heterocycles. The molecule has 5 heteroatoms. The van der Waals surface area contributed by atoms with Crippen molar-refractivity contribution in [1.82, 2.24) is 9.88 Å². The average Bonchev–Trinajstić information content (AvgIpc) is 2.54. The molecule has 1 aromatic rings. The molecule has 2 rings (SSSR count). The van der Waals surface area contributed by atoms with Gasteiger partial charge < -0.3 is 10.2 Å². The van der Waals surface area contributed by atoms with Gasteiger partial charge in [-0.05, 0) is 43.9 Å². The second kappa shape index (κ2) is 7.11. The Morgan fingerprint density at radius 1 is 1.35 bits per heavy atom. The molecule has 0 atom stereocenters. The lowest BCUT2D eigenvalue weighted by molar-refractivity contribution is -0.143. The van der Waals surface area contributed by atoms with Gasteiger partial charge in [0.2, 0.25) is 11.8 Å². The summed E-state index contributed by atoms with van der Waals surface area (Å²) in [7, 11) is 0. The van der Waals surface area contributed by atoms with E-state index < -0.39 is 0 Å². The summed E-state index contributed by atoms with van der Waals surface area (Å²) in [6.45, 7) is 9.28. The lowest BCUT2D eigenvalue weighted by Gasteiger charge is -2.36. The van der Waals surface area contributed by atoms with Crippen LogP contribution < -0.4 is 5.32 Å². The normalized spacial score (nSPS) is 16.3. The molecular formula is C18H27N3O2. The highest BCUT2D eigenvalue weighted by Crippen LogP contribution is 2.27. The molecule has 23 heavy (non-hydrogen) atoms. The van der Waals surface area contributed by atoms with E-state index in [-0.39, 0.29) is 23.1 Å². The molecule has 5 nitrogen and oxygen atoms in total. The Hall–Kier alpha value is -1.91. The fourth-order valence-corrected chi connectivity index (χ4v) is 2.76. The van der Waals surface area contributed by atoms with E-state index in [2.05, 4.69) is 10.3 Å². The Kier molecular flexibility index (Phi) is 5.39.